The summed E-state index contributed by atoms with van der Waals surface area (Å²) in [4.78, 5) is 11.6. The second-order valence-electron chi connectivity index (χ2n) is 4.55. The average Bonchev–Trinajstić information content (AvgIpc) is 2.35. The number of ether oxygens (including phenoxy) is 1. The second kappa shape index (κ2) is 6.67. The quantitative estimate of drug-likeness (QED) is 0.495. The first-order valence-electron chi connectivity index (χ1n) is 6.29. The highest BCUT2D eigenvalue weighted by molar-refractivity contribution is 7.89. The molecular weight excluding hydrogens is 278 g/mol. The molecule has 0 radical (unpaired) electrons. The SMILES string of the molecule is C=C(C)C(=O)Oc1cccc(S(N)(=O)=O)c1CCCC. The van der Waals surface area contributed by atoms with Crippen molar-refractivity contribution in [1.82, 2.24) is 0 Å². The van der Waals surface area contributed by atoms with Crippen molar-refractivity contribution in [3.05, 3.63) is 35.9 Å². The summed E-state index contributed by atoms with van der Waals surface area (Å²) in [5, 5.41) is 5.20. The molecule has 6 heteroatoms. The van der Waals surface area contributed by atoms with E-state index in [-0.39, 0.29) is 16.2 Å². The van der Waals surface area contributed by atoms with Gasteiger partial charge < -0.3 is 4.74 Å². The van der Waals surface area contributed by atoms with Crippen LogP contribution in [0.5, 0.6) is 5.75 Å². The number of unbranched alkanes of at least 4 members (excludes halogenated alkanes) is 1. The van der Waals surface area contributed by atoms with Gasteiger partial charge >= 0.3 is 5.97 Å². The molecule has 0 aliphatic carbocycles. The molecule has 0 aromatic heterocycles. The minimum atomic E-state index is -3.86. The van der Waals surface area contributed by atoms with Crippen molar-refractivity contribution in [3.63, 3.8) is 0 Å². The van der Waals surface area contributed by atoms with Crippen LogP contribution < -0.4 is 9.88 Å². The smallest absolute Gasteiger partial charge is 0.338 e. The minimum absolute atomic E-state index is 0.00188. The van der Waals surface area contributed by atoms with Gasteiger partial charge in [0.2, 0.25) is 10.0 Å². The van der Waals surface area contributed by atoms with E-state index < -0.39 is 16.0 Å². The maximum Gasteiger partial charge on any atom is 0.338 e. The maximum atomic E-state index is 11.6. The fourth-order valence-corrected chi connectivity index (χ4v) is 2.51. The Balaban J connectivity index is 3.29. The number of sulfonamides is 1. The molecule has 20 heavy (non-hydrogen) atoms. The Labute approximate surface area is 119 Å². The van der Waals surface area contributed by atoms with Crippen molar-refractivity contribution in [1.29, 1.82) is 0 Å². The first-order valence-corrected chi connectivity index (χ1v) is 7.84. The zero-order chi connectivity index (χ0) is 15.3. The summed E-state index contributed by atoms with van der Waals surface area (Å²) in [6, 6.07) is 4.47. The third-order valence-electron chi connectivity index (χ3n) is 2.73. The molecular formula is C14H19NO4S. The summed E-state index contributed by atoms with van der Waals surface area (Å²) in [5.74, 6) is -0.368. The molecule has 2 N–H and O–H groups in total. The lowest BCUT2D eigenvalue weighted by molar-refractivity contribution is -0.130. The zero-order valence-electron chi connectivity index (χ0n) is 11.7. The van der Waals surface area contributed by atoms with Gasteiger partial charge in [-0.2, -0.15) is 0 Å². The topological polar surface area (TPSA) is 86.5 Å². The van der Waals surface area contributed by atoms with Crippen LogP contribution in [0.4, 0.5) is 0 Å². The van der Waals surface area contributed by atoms with Gasteiger partial charge in [-0.3, -0.25) is 0 Å². The van der Waals surface area contributed by atoms with Crippen LogP contribution in [0, 0.1) is 0 Å². The third kappa shape index (κ3) is 4.18. The normalized spacial score (nSPS) is 11.2. The van der Waals surface area contributed by atoms with Crippen LogP contribution in [0.15, 0.2) is 35.2 Å². The number of hydrogen-bond donors (Lipinski definition) is 1. The minimum Gasteiger partial charge on any atom is -0.423 e. The molecule has 5 nitrogen and oxygen atoms in total. The van der Waals surface area contributed by atoms with Crippen LogP contribution in [0.1, 0.15) is 32.3 Å². The Morgan fingerprint density at radius 1 is 1.40 bits per heavy atom. The van der Waals surface area contributed by atoms with E-state index in [4.69, 9.17) is 9.88 Å². The number of benzene rings is 1. The fraction of sp³-hybridized carbons (Fsp3) is 0.357. The first kappa shape index (κ1) is 16.4. The Kier molecular flexibility index (Phi) is 5.47. The molecule has 1 rings (SSSR count). The highest BCUT2D eigenvalue weighted by Crippen LogP contribution is 2.27. The van der Waals surface area contributed by atoms with Crippen LogP contribution in [-0.2, 0) is 21.2 Å². The molecule has 0 bridgehead atoms. The Bertz CT molecular complexity index is 620. The molecule has 0 unspecified atom stereocenters. The molecule has 1 aromatic rings. The van der Waals surface area contributed by atoms with Crippen LogP contribution in [0.3, 0.4) is 0 Å². The van der Waals surface area contributed by atoms with Crippen LogP contribution in [0.2, 0.25) is 0 Å². The van der Waals surface area contributed by atoms with Crippen LogP contribution in [0.25, 0.3) is 0 Å². The first-order chi connectivity index (χ1) is 9.27. The summed E-state index contributed by atoms with van der Waals surface area (Å²) in [7, 11) is -3.86. The van der Waals surface area contributed by atoms with E-state index in [1.54, 1.807) is 6.07 Å². The van der Waals surface area contributed by atoms with Gasteiger partial charge in [0.15, 0.2) is 0 Å². The number of carbonyl (C=O) groups excluding carboxylic acids is 1. The molecule has 0 atom stereocenters. The van der Waals surface area contributed by atoms with E-state index in [1.165, 1.54) is 19.1 Å². The molecule has 0 aliphatic rings. The molecule has 1 aromatic carbocycles. The third-order valence-corrected chi connectivity index (χ3v) is 3.72. The second-order valence-corrected chi connectivity index (χ2v) is 6.08. The molecule has 0 heterocycles. The van der Waals surface area contributed by atoms with Gasteiger partial charge in [-0.25, -0.2) is 18.4 Å². The van der Waals surface area contributed by atoms with Gasteiger partial charge in [-0.05, 0) is 31.9 Å². The van der Waals surface area contributed by atoms with E-state index in [2.05, 4.69) is 6.58 Å². The number of hydrogen-bond acceptors (Lipinski definition) is 4. The summed E-state index contributed by atoms with van der Waals surface area (Å²) < 4.78 is 28.4. The molecule has 0 spiro atoms. The number of nitrogens with two attached hydrogens (primary N) is 1. The predicted molar refractivity (Wildman–Crippen MR) is 76.9 cm³/mol. The Hall–Kier alpha value is -1.66. The largest absolute Gasteiger partial charge is 0.423 e. The molecule has 0 saturated heterocycles. The van der Waals surface area contributed by atoms with E-state index in [0.717, 1.165) is 12.8 Å². The molecule has 0 saturated carbocycles. The van der Waals surface area contributed by atoms with Gasteiger partial charge in [0.25, 0.3) is 0 Å². The van der Waals surface area contributed by atoms with Gasteiger partial charge in [-0.1, -0.05) is 26.0 Å². The maximum absolute atomic E-state index is 11.6. The lowest BCUT2D eigenvalue weighted by Gasteiger charge is -2.13. The zero-order valence-corrected chi connectivity index (χ0v) is 12.5. The molecule has 0 amide bonds. The van der Waals surface area contributed by atoms with E-state index in [9.17, 15) is 13.2 Å². The van der Waals surface area contributed by atoms with Gasteiger partial charge in [-0.15, -0.1) is 0 Å². The summed E-state index contributed by atoms with van der Waals surface area (Å²) >= 11 is 0. The van der Waals surface area contributed by atoms with Crippen LogP contribution >= 0.6 is 0 Å². The number of esters is 1. The standard InChI is InChI=1S/C14H19NO4S/c1-4-5-7-11-12(19-14(16)10(2)3)8-6-9-13(11)20(15,17)18/h6,8-9H,2,4-5,7H2,1,3H3,(H2,15,17,18). The molecule has 0 fully saturated rings. The number of primary sulfonamides is 1. The van der Waals surface area contributed by atoms with Crippen molar-refractivity contribution < 1.29 is 17.9 Å². The highest BCUT2D eigenvalue weighted by Gasteiger charge is 2.19. The van der Waals surface area contributed by atoms with Crippen molar-refractivity contribution in [2.24, 2.45) is 5.14 Å². The molecule has 110 valence electrons. The van der Waals surface area contributed by atoms with Crippen molar-refractivity contribution in [2.45, 2.75) is 38.0 Å². The van der Waals surface area contributed by atoms with Crippen molar-refractivity contribution >= 4 is 16.0 Å². The molecule has 0 aliphatic heterocycles. The predicted octanol–water partition coefficient (Wildman–Crippen LogP) is 2.16. The summed E-state index contributed by atoms with van der Waals surface area (Å²) in [6.07, 6.45) is 2.12. The summed E-state index contributed by atoms with van der Waals surface area (Å²) in [6.45, 7) is 7.01. The Morgan fingerprint density at radius 2 is 2.05 bits per heavy atom. The van der Waals surface area contributed by atoms with Crippen LogP contribution in [-0.4, -0.2) is 14.4 Å². The lowest BCUT2D eigenvalue weighted by atomic mass is 10.1. The van der Waals surface area contributed by atoms with Crippen molar-refractivity contribution in [3.8, 4) is 5.75 Å². The average molecular weight is 297 g/mol. The fourth-order valence-electron chi connectivity index (χ4n) is 1.69. The number of carbonyl (C=O) groups is 1. The lowest BCUT2D eigenvalue weighted by Crippen LogP contribution is -2.17. The highest BCUT2D eigenvalue weighted by atomic mass is 32.2. The van der Waals surface area contributed by atoms with Gasteiger partial charge in [0, 0.05) is 11.1 Å². The Morgan fingerprint density at radius 3 is 2.55 bits per heavy atom. The summed E-state index contributed by atoms with van der Waals surface area (Å²) in [5.41, 5.74) is 0.680. The monoisotopic (exact) mass is 297 g/mol. The van der Waals surface area contributed by atoms with Gasteiger partial charge in [0.1, 0.15) is 5.75 Å². The van der Waals surface area contributed by atoms with Gasteiger partial charge in [0.05, 0.1) is 4.90 Å². The van der Waals surface area contributed by atoms with E-state index in [1.807, 2.05) is 6.92 Å². The number of rotatable bonds is 6. The van der Waals surface area contributed by atoms with E-state index >= 15 is 0 Å². The van der Waals surface area contributed by atoms with E-state index in [0.29, 0.717) is 12.0 Å². The van der Waals surface area contributed by atoms with Crippen molar-refractivity contribution in [2.75, 3.05) is 0 Å².